The Morgan fingerprint density at radius 2 is 2.17 bits per heavy atom. The van der Waals surface area contributed by atoms with Gasteiger partial charge in [0.2, 0.25) is 11.8 Å². The second-order valence-corrected chi connectivity index (χ2v) is 10.9. The van der Waals surface area contributed by atoms with Crippen molar-refractivity contribution in [3.05, 3.63) is 22.3 Å². The molecule has 4 rings (SSSR count). The number of anilines is 1. The summed E-state index contributed by atoms with van der Waals surface area (Å²) >= 11 is 3.58. The molecule has 0 aliphatic carbocycles. The van der Waals surface area contributed by atoms with Gasteiger partial charge in [-0.1, -0.05) is 16.9 Å². The number of fused-ring (bicyclic) bond motifs is 1. The van der Waals surface area contributed by atoms with E-state index in [2.05, 4.69) is 31.0 Å². The normalized spacial score (nSPS) is 18.7. The van der Waals surface area contributed by atoms with Crippen LogP contribution in [0.25, 0.3) is 0 Å². The Hall–Kier alpha value is -3.75. The summed E-state index contributed by atoms with van der Waals surface area (Å²) < 4.78 is 6.27. The lowest BCUT2D eigenvalue weighted by atomic mass is 10.0. The van der Waals surface area contributed by atoms with E-state index >= 15 is 0 Å². The standard InChI is InChI=1S/C20H24N10O7S3/c1-2-36-11(31)5-37-26-12(10-8-39-19(22)23-10)15(32)24-13-16(33)30-14(18(34)35)9(6-38-17(13)30)7-40-20-25-27-28-29(20)4-3-21/h8,13,17H,2-7,21H2,1H3,(H2,22,23)(H,24,32)(H,34,35)/b26-12+/t13?,17-/m1/s1. The van der Waals surface area contributed by atoms with E-state index < -0.39 is 41.8 Å². The van der Waals surface area contributed by atoms with E-state index in [0.29, 0.717) is 29.6 Å². The van der Waals surface area contributed by atoms with Gasteiger partial charge in [0.1, 0.15) is 22.8 Å². The fourth-order valence-corrected chi connectivity index (χ4v) is 6.61. The van der Waals surface area contributed by atoms with Crippen LogP contribution in [0, 0.1) is 0 Å². The Morgan fingerprint density at radius 1 is 1.38 bits per heavy atom. The van der Waals surface area contributed by atoms with E-state index in [1.54, 1.807) is 6.92 Å². The summed E-state index contributed by atoms with van der Waals surface area (Å²) in [5.41, 5.74) is 11.4. The molecule has 20 heteroatoms. The summed E-state index contributed by atoms with van der Waals surface area (Å²) in [5.74, 6) is -2.87. The van der Waals surface area contributed by atoms with Gasteiger partial charge in [0.15, 0.2) is 10.8 Å². The third-order valence-corrected chi connectivity index (χ3v) is 8.43. The number of carbonyl (C=O) groups excluding carboxylic acids is 3. The number of aliphatic carboxylic acids is 1. The fraction of sp³-hybridized carbons (Fsp3) is 0.450. The maximum atomic E-state index is 13.1. The molecule has 0 radical (unpaired) electrons. The number of hydrogen-bond acceptors (Lipinski definition) is 16. The van der Waals surface area contributed by atoms with Gasteiger partial charge >= 0.3 is 11.9 Å². The minimum absolute atomic E-state index is 0.0752. The Labute approximate surface area is 238 Å². The molecule has 17 nitrogen and oxygen atoms in total. The van der Waals surface area contributed by atoms with Gasteiger partial charge in [-0.3, -0.25) is 14.5 Å². The zero-order chi connectivity index (χ0) is 28.8. The molecule has 2 aromatic rings. The van der Waals surface area contributed by atoms with Crippen LogP contribution in [-0.2, 0) is 35.3 Å². The summed E-state index contributed by atoms with van der Waals surface area (Å²) in [7, 11) is 0. The number of tetrazole rings is 1. The van der Waals surface area contributed by atoms with Crippen molar-refractivity contribution in [1.82, 2.24) is 35.4 Å². The number of rotatable bonds is 13. The topological polar surface area (TPSA) is 243 Å². The first-order chi connectivity index (χ1) is 19.2. The number of carboxylic acid groups (broad SMARTS) is 1. The number of nitrogens with two attached hydrogens (primary N) is 2. The molecule has 2 aliphatic rings. The van der Waals surface area contributed by atoms with E-state index in [4.69, 9.17) is 21.0 Å². The number of β-lactam (4-membered cyclic amide) rings is 1. The molecule has 4 heterocycles. The number of thiazole rings is 1. The monoisotopic (exact) mass is 612 g/mol. The lowest BCUT2D eigenvalue weighted by Crippen LogP contribution is -2.71. The van der Waals surface area contributed by atoms with E-state index in [-0.39, 0.29) is 34.6 Å². The Bertz CT molecular complexity index is 1360. The van der Waals surface area contributed by atoms with Crippen LogP contribution >= 0.6 is 34.9 Å². The largest absolute Gasteiger partial charge is 0.477 e. The number of hydrogen-bond donors (Lipinski definition) is 4. The number of thioether (sulfide) groups is 2. The van der Waals surface area contributed by atoms with Crippen LogP contribution in [0.15, 0.2) is 27.0 Å². The molecule has 0 saturated carbocycles. The highest BCUT2D eigenvalue weighted by atomic mass is 32.2. The van der Waals surface area contributed by atoms with Crippen LogP contribution in [0.4, 0.5) is 5.13 Å². The molecule has 0 bridgehead atoms. The molecule has 2 amide bonds. The number of nitrogen functional groups attached to an aromatic ring is 1. The number of esters is 1. The van der Waals surface area contributed by atoms with Gasteiger partial charge in [-0.25, -0.2) is 19.3 Å². The fourth-order valence-electron chi connectivity index (χ4n) is 3.67. The zero-order valence-electron chi connectivity index (χ0n) is 20.9. The van der Waals surface area contributed by atoms with Gasteiger partial charge in [0.05, 0.1) is 13.2 Å². The van der Waals surface area contributed by atoms with E-state index in [0.717, 1.165) is 16.2 Å². The molecule has 1 saturated heterocycles. The van der Waals surface area contributed by atoms with Crippen LogP contribution in [0.3, 0.4) is 0 Å². The summed E-state index contributed by atoms with van der Waals surface area (Å²) in [5, 5.41) is 29.0. The molecule has 2 aliphatic heterocycles. The summed E-state index contributed by atoms with van der Waals surface area (Å²) in [6.07, 6.45) is 0. The molecule has 214 valence electrons. The average molecular weight is 613 g/mol. The van der Waals surface area contributed by atoms with Crippen LogP contribution in [0.2, 0.25) is 0 Å². The number of amides is 2. The Balaban J connectivity index is 1.47. The summed E-state index contributed by atoms with van der Waals surface area (Å²) in [4.78, 5) is 60.1. The van der Waals surface area contributed by atoms with E-state index in [1.807, 2.05) is 0 Å². The Kier molecular flexibility index (Phi) is 9.55. The van der Waals surface area contributed by atoms with Gasteiger partial charge in [0.25, 0.3) is 11.8 Å². The van der Waals surface area contributed by atoms with E-state index in [1.165, 1.54) is 33.6 Å². The Morgan fingerprint density at radius 3 is 2.85 bits per heavy atom. The predicted octanol–water partition coefficient (Wildman–Crippen LogP) is -1.51. The highest BCUT2D eigenvalue weighted by molar-refractivity contribution is 8.01. The highest BCUT2D eigenvalue weighted by Gasteiger charge is 2.54. The minimum Gasteiger partial charge on any atom is -0.477 e. The number of nitrogens with one attached hydrogen (secondary N) is 1. The molecule has 1 unspecified atom stereocenters. The molecule has 2 atom stereocenters. The van der Waals surface area contributed by atoms with Crippen LogP contribution in [0.1, 0.15) is 12.6 Å². The van der Waals surface area contributed by atoms with Gasteiger partial charge in [-0.05, 0) is 22.9 Å². The minimum atomic E-state index is -1.27. The number of carbonyl (C=O) groups is 4. The number of carboxylic acids is 1. The van der Waals surface area contributed by atoms with Crippen LogP contribution in [0.5, 0.6) is 0 Å². The molecular formula is C20H24N10O7S3. The van der Waals surface area contributed by atoms with Crippen molar-refractivity contribution in [1.29, 1.82) is 0 Å². The van der Waals surface area contributed by atoms with Gasteiger partial charge in [0, 0.05) is 23.4 Å². The maximum absolute atomic E-state index is 13.1. The average Bonchev–Trinajstić information content (AvgIpc) is 3.56. The first-order valence-corrected chi connectivity index (χ1v) is 14.5. The molecule has 2 aromatic heterocycles. The van der Waals surface area contributed by atoms with Crippen molar-refractivity contribution in [2.45, 2.75) is 30.0 Å². The lowest BCUT2D eigenvalue weighted by molar-refractivity contribution is -0.150. The quantitative estimate of drug-likeness (QED) is 0.0660. The molecule has 0 spiro atoms. The SMILES string of the molecule is CCOC(=O)CO/N=C(/C(=O)NC1C(=O)N2C(C(=O)O)=C(CSc3nnnn3CCN)CS[C@H]12)c1csc(N)n1. The molecular weight excluding hydrogens is 588 g/mol. The van der Waals surface area contributed by atoms with Crippen molar-refractivity contribution in [3.8, 4) is 0 Å². The number of aromatic nitrogens is 5. The van der Waals surface area contributed by atoms with Gasteiger partial charge in [-0.2, -0.15) is 0 Å². The zero-order valence-corrected chi connectivity index (χ0v) is 23.3. The van der Waals surface area contributed by atoms with Crippen molar-refractivity contribution in [3.63, 3.8) is 0 Å². The van der Waals surface area contributed by atoms with Crippen molar-refractivity contribution >= 4 is 69.5 Å². The molecule has 40 heavy (non-hydrogen) atoms. The van der Waals surface area contributed by atoms with Crippen LogP contribution in [-0.4, -0.2) is 107 Å². The molecule has 0 aromatic carbocycles. The van der Waals surface area contributed by atoms with Gasteiger partial charge in [-0.15, -0.1) is 28.2 Å². The first kappa shape index (κ1) is 29.2. The third kappa shape index (κ3) is 6.35. The third-order valence-electron chi connectivity index (χ3n) is 5.38. The van der Waals surface area contributed by atoms with Crippen molar-refractivity contribution < 1.29 is 33.9 Å². The van der Waals surface area contributed by atoms with E-state index in [9.17, 15) is 24.3 Å². The first-order valence-electron chi connectivity index (χ1n) is 11.6. The smallest absolute Gasteiger partial charge is 0.352 e. The highest BCUT2D eigenvalue weighted by Crippen LogP contribution is 2.41. The number of oxime groups is 1. The van der Waals surface area contributed by atoms with Crippen molar-refractivity contribution in [2.24, 2.45) is 10.9 Å². The van der Waals surface area contributed by atoms with Gasteiger partial charge < -0.3 is 31.5 Å². The number of ether oxygens (including phenoxy) is 1. The molecule has 6 N–H and O–H groups in total. The second-order valence-electron chi connectivity index (χ2n) is 7.97. The molecule has 1 fully saturated rings. The summed E-state index contributed by atoms with van der Waals surface area (Å²) in [6.45, 7) is 1.94. The maximum Gasteiger partial charge on any atom is 0.352 e. The van der Waals surface area contributed by atoms with Crippen molar-refractivity contribution in [2.75, 3.05) is 37.0 Å². The lowest BCUT2D eigenvalue weighted by Gasteiger charge is -2.49. The van der Waals surface area contributed by atoms with Crippen LogP contribution < -0.4 is 16.8 Å². The summed E-state index contributed by atoms with van der Waals surface area (Å²) in [6, 6.07) is -1.04. The second kappa shape index (κ2) is 13.1. The predicted molar refractivity (Wildman–Crippen MR) is 143 cm³/mol. The number of nitrogens with zero attached hydrogens (tertiary/aromatic N) is 7.